The van der Waals surface area contributed by atoms with Crippen LogP contribution in [-0.2, 0) is 10.0 Å². The highest BCUT2D eigenvalue weighted by Gasteiger charge is 2.35. The lowest BCUT2D eigenvalue weighted by Gasteiger charge is -2.39. The minimum absolute atomic E-state index is 0.0237. The van der Waals surface area contributed by atoms with Gasteiger partial charge in [0.1, 0.15) is 16.5 Å². The molecule has 34 heavy (non-hydrogen) atoms. The summed E-state index contributed by atoms with van der Waals surface area (Å²) in [7, 11) is -4.37. The predicted octanol–water partition coefficient (Wildman–Crippen LogP) is 3.15. The maximum absolute atomic E-state index is 14.9. The maximum atomic E-state index is 14.9. The Morgan fingerprint density at radius 3 is 2.74 bits per heavy atom. The number of halogens is 3. The number of nitrogens with one attached hydrogen (secondary N) is 3. The fourth-order valence-electron chi connectivity index (χ4n) is 4.80. The Kier molecular flexibility index (Phi) is 7.88. The Balaban J connectivity index is 1.51. The van der Waals surface area contributed by atoms with Crippen LogP contribution >= 0.6 is 11.6 Å². The van der Waals surface area contributed by atoms with E-state index in [0.717, 1.165) is 63.4 Å². The van der Waals surface area contributed by atoms with Gasteiger partial charge in [0.25, 0.3) is 10.0 Å². The molecular weight excluding hydrogens is 488 g/mol. The number of pyridine rings is 1. The lowest BCUT2D eigenvalue weighted by atomic mass is 9.89. The van der Waals surface area contributed by atoms with E-state index >= 15 is 0 Å². The second kappa shape index (κ2) is 10.7. The van der Waals surface area contributed by atoms with Crippen molar-refractivity contribution in [1.82, 2.24) is 15.2 Å². The van der Waals surface area contributed by atoms with E-state index in [2.05, 4.69) is 25.2 Å². The largest absolute Gasteiger partial charge is 0.381 e. The van der Waals surface area contributed by atoms with Crippen molar-refractivity contribution in [2.75, 3.05) is 29.9 Å². The zero-order chi connectivity index (χ0) is 24.3. The van der Waals surface area contributed by atoms with Crippen molar-refractivity contribution in [3.8, 4) is 0 Å². The zero-order valence-corrected chi connectivity index (χ0v) is 20.0. The summed E-state index contributed by atoms with van der Waals surface area (Å²) in [6.45, 7) is 1.67. The summed E-state index contributed by atoms with van der Waals surface area (Å²) in [5.74, 6) is -2.10. The van der Waals surface area contributed by atoms with E-state index in [-0.39, 0.29) is 35.7 Å². The van der Waals surface area contributed by atoms with Crippen molar-refractivity contribution >= 4 is 33.1 Å². The van der Waals surface area contributed by atoms with E-state index < -0.39 is 26.7 Å². The van der Waals surface area contributed by atoms with E-state index in [1.165, 1.54) is 12.1 Å². The molecule has 1 aromatic heterocycles. The van der Waals surface area contributed by atoms with E-state index in [0.29, 0.717) is 5.69 Å². The summed E-state index contributed by atoms with van der Waals surface area (Å²) in [4.78, 5) is 5.18. The number of sulfonamides is 1. The summed E-state index contributed by atoms with van der Waals surface area (Å²) in [5, 5.41) is 15.6. The van der Waals surface area contributed by atoms with Crippen molar-refractivity contribution in [3.63, 3.8) is 0 Å². The van der Waals surface area contributed by atoms with E-state index in [4.69, 9.17) is 16.7 Å². The molecule has 8 nitrogen and oxygen atoms in total. The molecule has 0 amide bonds. The van der Waals surface area contributed by atoms with Crippen LogP contribution in [0.1, 0.15) is 32.1 Å². The summed E-state index contributed by atoms with van der Waals surface area (Å²) in [6, 6.07) is 6.24. The summed E-state index contributed by atoms with van der Waals surface area (Å²) in [6.07, 6.45) is 4.93. The molecule has 2 fully saturated rings. The number of nitrogens with zero attached hydrogens (tertiary/aromatic N) is 2. The second-order valence-electron chi connectivity index (χ2n) is 8.66. The van der Waals surface area contributed by atoms with E-state index in [1.54, 1.807) is 0 Å². The molecular formula is C22H28ClF2N5O3S. The molecule has 1 saturated carbocycles. The third kappa shape index (κ3) is 5.77. The lowest BCUT2D eigenvalue weighted by molar-refractivity contribution is 0.168. The van der Waals surface area contributed by atoms with Crippen LogP contribution in [0.15, 0.2) is 35.2 Å². The Morgan fingerprint density at radius 1 is 1.18 bits per heavy atom. The number of aliphatic hydroxyl groups is 1. The Labute approximate surface area is 202 Å². The van der Waals surface area contributed by atoms with Gasteiger partial charge in [-0.2, -0.15) is 4.39 Å². The maximum Gasteiger partial charge on any atom is 0.266 e. The van der Waals surface area contributed by atoms with Crippen molar-refractivity contribution < 1.29 is 22.3 Å². The fraction of sp³-hybridized carbons (Fsp3) is 0.500. The molecule has 4 rings (SSSR count). The van der Waals surface area contributed by atoms with Gasteiger partial charge in [0.15, 0.2) is 0 Å². The molecule has 3 atom stereocenters. The van der Waals surface area contributed by atoms with Crippen LogP contribution in [0.5, 0.6) is 0 Å². The number of aliphatic hydroxyl groups excluding tert-OH is 1. The minimum atomic E-state index is -4.37. The molecule has 2 aliphatic rings. The van der Waals surface area contributed by atoms with E-state index in [9.17, 15) is 17.2 Å². The molecule has 2 aromatic rings. The highest BCUT2D eigenvalue weighted by molar-refractivity contribution is 7.92. The molecule has 0 spiro atoms. The van der Waals surface area contributed by atoms with Crippen LogP contribution in [0, 0.1) is 11.8 Å². The molecule has 0 unspecified atom stereocenters. The topological polar surface area (TPSA) is 107 Å². The minimum Gasteiger partial charge on any atom is -0.381 e. The van der Waals surface area contributed by atoms with Gasteiger partial charge in [-0.1, -0.05) is 30.5 Å². The third-order valence-corrected chi connectivity index (χ3v) is 8.09. The number of hydrogen-bond acceptors (Lipinski definition) is 7. The van der Waals surface area contributed by atoms with Gasteiger partial charge in [-0.3, -0.25) is 14.9 Å². The molecule has 1 aromatic carbocycles. The lowest BCUT2D eigenvalue weighted by Crippen LogP contribution is -2.49. The molecule has 1 saturated heterocycles. The van der Waals surface area contributed by atoms with Gasteiger partial charge in [-0.05, 0) is 43.5 Å². The summed E-state index contributed by atoms with van der Waals surface area (Å²) in [5.41, 5.74) is 0.322. The number of benzene rings is 1. The number of rotatable bonds is 8. The number of hydrogen-bond donors (Lipinski definition) is 4. The Morgan fingerprint density at radius 2 is 1.97 bits per heavy atom. The van der Waals surface area contributed by atoms with Crippen LogP contribution < -0.4 is 15.4 Å². The standard InChI is InChI=1S/C22H28ClF2N5O3S/c23-15-10-20(34(32,33)29-22-7-3-6-21(25)28-22)16(24)11-18(15)27-17-4-1-2-5-19(17)30-9-8-14(12-30)26-13-31/h3,6-7,10-11,14,17,19,26-27,31H,1-2,4-5,8-9,12-13H2,(H,28,29)/t14-,17+,19+/m1/s1. The number of anilines is 2. The second-order valence-corrected chi connectivity index (χ2v) is 10.7. The number of aromatic nitrogens is 1. The first-order valence-corrected chi connectivity index (χ1v) is 13.1. The van der Waals surface area contributed by atoms with Crippen LogP contribution in [0.2, 0.25) is 5.02 Å². The molecule has 4 N–H and O–H groups in total. The highest BCUT2D eigenvalue weighted by atomic mass is 35.5. The zero-order valence-electron chi connectivity index (χ0n) is 18.5. The van der Waals surface area contributed by atoms with Gasteiger partial charge in [-0.15, -0.1) is 0 Å². The molecule has 1 aliphatic heterocycles. The van der Waals surface area contributed by atoms with Crippen LogP contribution in [0.3, 0.4) is 0 Å². The number of likely N-dealkylation sites (tertiary alicyclic amines) is 1. The quantitative estimate of drug-likeness (QED) is 0.316. The van der Waals surface area contributed by atoms with Crippen LogP contribution in [-0.4, -0.2) is 61.4 Å². The molecule has 1 aliphatic carbocycles. The Bertz CT molecular complexity index is 1120. The first kappa shape index (κ1) is 25.1. The summed E-state index contributed by atoms with van der Waals surface area (Å²) < 4.78 is 55.7. The smallest absolute Gasteiger partial charge is 0.266 e. The van der Waals surface area contributed by atoms with Gasteiger partial charge in [0, 0.05) is 31.2 Å². The normalized spacial score (nSPS) is 23.7. The Hall–Kier alpha value is -2.05. The van der Waals surface area contributed by atoms with E-state index in [1.807, 2.05) is 0 Å². The molecule has 12 heteroatoms. The van der Waals surface area contributed by atoms with Gasteiger partial charge in [0.05, 0.1) is 17.4 Å². The predicted molar refractivity (Wildman–Crippen MR) is 126 cm³/mol. The summed E-state index contributed by atoms with van der Waals surface area (Å²) >= 11 is 6.38. The van der Waals surface area contributed by atoms with Gasteiger partial charge in [0.2, 0.25) is 5.95 Å². The molecule has 0 bridgehead atoms. The van der Waals surface area contributed by atoms with Crippen molar-refractivity contribution in [2.24, 2.45) is 0 Å². The first-order valence-electron chi connectivity index (χ1n) is 11.3. The first-order chi connectivity index (χ1) is 16.3. The monoisotopic (exact) mass is 515 g/mol. The van der Waals surface area contributed by atoms with Crippen molar-refractivity contribution in [1.29, 1.82) is 0 Å². The average molecular weight is 516 g/mol. The molecule has 0 radical (unpaired) electrons. The van der Waals surface area contributed by atoms with Gasteiger partial charge in [-0.25, -0.2) is 17.8 Å². The molecule has 186 valence electrons. The fourth-order valence-corrected chi connectivity index (χ4v) is 6.17. The average Bonchev–Trinajstić information content (AvgIpc) is 3.25. The van der Waals surface area contributed by atoms with Crippen molar-refractivity contribution in [3.05, 3.63) is 47.1 Å². The van der Waals surface area contributed by atoms with Crippen LogP contribution in [0.4, 0.5) is 20.3 Å². The van der Waals surface area contributed by atoms with Gasteiger partial charge >= 0.3 is 0 Å². The molecule has 2 heterocycles. The van der Waals surface area contributed by atoms with Crippen molar-refractivity contribution in [2.45, 2.75) is 55.1 Å². The SMILES string of the molecule is O=S(=O)(Nc1cccc(F)n1)c1cc(Cl)c(N[C@H]2CCCC[C@@H]2N2CC[C@@H](NCO)C2)cc1F. The highest BCUT2D eigenvalue weighted by Crippen LogP contribution is 2.33. The van der Waals surface area contributed by atoms with Gasteiger partial charge < -0.3 is 10.4 Å². The van der Waals surface area contributed by atoms with Crippen LogP contribution in [0.25, 0.3) is 0 Å². The third-order valence-electron chi connectivity index (χ3n) is 6.40.